The minimum atomic E-state index is -3.68. The molecule has 2 aromatic carbocycles. The normalized spacial score (nSPS) is 19.0. The van der Waals surface area contributed by atoms with Crippen molar-refractivity contribution in [2.24, 2.45) is 0 Å². The van der Waals surface area contributed by atoms with Gasteiger partial charge in [0.25, 0.3) is 5.91 Å². The van der Waals surface area contributed by atoms with E-state index in [-0.39, 0.29) is 16.8 Å². The summed E-state index contributed by atoms with van der Waals surface area (Å²) in [4.78, 5) is 16.8. The summed E-state index contributed by atoms with van der Waals surface area (Å²) < 4.78 is 32.0. The van der Waals surface area contributed by atoms with Gasteiger partial charge in [-0.1, -0.05) is 11.6 Å². The molecule has 0 saturated carbocycles. The van der Waals surface area contributed by atoms with Crippen molar-refractivity contribution in [1.29, 1.82) is 0 Å². The molecule has 2 heterocycles. The van der Waals surface area contributed by atoms with Crippen molar-refractivity contribution in [3.63, 3.8) is 0 Å². The molecule has 10 heteroatoms. The minimum absolute atomic E-state index is 0.0901. The van der Waals surface area contributed by atoms with E-state index in [4.69, 9.17) is 16.3 Å². The molecule has 1 N–H and O–H groups in total. The lowest BCUT2D eigenvalue weighted by molar-refractivity contribution is 0.0933. The average Bonchev–Trinajstić information content (AvgIpc) is 2.79. The lowest BCUT2D eigenvalue weighted by Crippen LogP contribution is -2.38. The predicted octanol–water partition coefficient (Wildman–Crippen LogP) is 3.39. The Kier molecular flexibility index (Phi) is 7.02. The number of nitrogens with one attached hydrogen (secondary N) is 1. The first-order chi connectivity index (χ1) is 15.3. The summed E-state index contributed by atoms with van der Waals surface area (Å²) in [6.07, 6.45) is 0.770. The third kappa shape index (κ3) is 4.77. The predicted molar refractivity (Wildman–Crippen MR) is 127 cm³/mol. The quantitative estimate of drug-likeness (QED) is 0.685. The van der Waals surface area contributed by atoms with Crippen LogP contribution in [-0.4, -0.2) is 64.8 Å². The van der Waals surface area contributed by atoms with E-state index in [9.17, 15) is 13.2 Å². The van der Waals surface area contributed by atoms with E-state index in [1.54, 1.807) is 23.9 Å². The van der Waals surface area contributed by atoms with Crippen LogP contribution in [0.3, 0.4) is 0 Å². The van der Waals surface area contributed by atoms with Gasteiger partial charge in [-0.2, -0.15) is 0 Å². The van der Waals surface area contributed by atoms with Crippen LogP contribution in [0, 0.1) is 0 Å². The van der Waals surface area contributed by atoms with E-state index in [0.29, 0.717) is 42.6 Å². The number of benzene rings is 2. The van der Waals surface area contributed by atoms with Gasteiger partial charge in [-0.3, -0.25) is 4.79 Å². The van der Waals surface area contributed by atoms with Crippen molar-refractivity contribution >= 4 is 45.0 Å². The first-order valence-electron chi connectivity index (χ1n) is 10.4. The Bertz CT molecular complexity index is 1120. The number of anilines is 1. The van der Waals surface area contributed by atoms with Crippen molar-refractivity contribution < 1.29 is 17.9 Å². The molecule has 32 heavy (non-hydrogen) atoms. The minimum Gasteiger partial charge on any atom is -0.378 e. The molecule has 0 radical (unpaired) electrons. The molecule has 0 aliphatic carbocycles. The van der Waals surface area contributed by atoms with Gasteiger partial charge in [0.15, 0.2) is 0 Å². The van der Waals surface area contributed by atoms with Gasteiger partial charge in [0, 0.05) is 48.5 Å². The second-order valence-electron chi connectivity index (χ2n) is 7.91. The third-order valence-corrected chi connectivity index (χ3v) is 8.83. The highest BCUT2D eigenvalue weighted by Crippen LogP contribution is 2.38. The van der Waals surface area contributed by atoms with Crippen molar-refractivity contribution in [2.45, 2.75) is 22.3 Å². The third-order valence-electron chi connectivity index (χ3n) is 5.66. The number of ether oxygens (including phenoxy) is 1. The molecular formula is C22H26ClN3O4S2. The number of fused-ring (bicyclic) bond motifs is 1. The van der Waals surface area contributed by atoms with Crippen LogP contribution in [0.25, 0.3) is 0 Å². The molecule has 2 aromatic rings. The lowest BCUT2D eigenvalue weighted by atomic mass is 10.0. The molecule has 1 atom stereocenters. The van der Waals surface area contributed by atoms with Crippen molar-refractivity contribution in [3.8, 4) is 0 Å². The van der Waals surface area contributed by atoms with Gasteiger partial charge in [-0.25, -0.2) is 12.7 Å². The number of hydrogen-bond acceptors (Lipinski definition) is 6. The number of amides is 1. The fourth-order valence-electron chi connectivity index (χ4n) is 3.90. The monoisotopic (exact) mass is 495 g/mol. The van der Waals surface area contributed by atoms with Crippen molar-refractivity contribution in [3.05, 3.63) is 52.5 Å². The van der Waals surface area contributed by atoms with Crippen LogP contribution in [0.4, 0.5) is 5.69 Å². The zero-order valence-corrected chi connectivity index (χ0v) is 20.4. The van der Waals surface area contributed by atoms with Gasteiger partial charge in [0.1, 0.15) is 0 Å². The molecule has 1 amide bonds. The number of nitrogens with zero attached hydrogens (tertiary/aromatic N) is 2. The first-order valence-corrected chi connectivity index (χ1v) is 13.2. The van der Waals surface area contributed by atoms with Gasteiger partial charge in [0.05, 0.1) is 29.7 Å². The smallest absolute Gasteiger partial charge is 0.253 e. The molecule has 2 aliphatic heterocycles. The van der Waals surface area contributed by atoms with E-state index in [2.05, 4.69) is 10.2 Å². The van der Waals surface area contributed by atoms with Gasteiger partial charge < -0.3 is 15.0 Å². The fourth-order valence-corrected chi connectivity index (χ4v) is 6.11. The first kappa shape index (κ1) is 23.4. The Balaban J connectivity index is 1.70. The summed E-state index contributed by atoms with van der Waals surface area (Å²) >= 11 is 7.95. The number of carbonyl (C=O) groups excluding carboxylic acids is 1. The Morgan fingerprint density at radius 3 is 2.66 bits per heavy atom. The summed E-state index contributed by atoms with van der Waals surface area (Å²) in [5, 5.41) is 3.75. The summed E-state index contributed by atoms with van der Waals surface area (Å²) in [5.41, 5.74) is 2.05. The van der Waals surface area contributed by atoms with Crippen LogP contribution in [0.5, 0.6) is 0 Å². The maximum Gasteiger partial charge on any atom is 0.253 e. The van der Waals surface area contributed by atoms with Crippen LogP contribution >= 0.6 is 23.4 Å². The highest BCUT2D eigenvalue weighted by Gasteiger charge is 2.27. The highest BCUT2D eigenvalue weighted by molar-refractivity contribution is 7.99. The molecule has 1 saturated heterocycles. The van der Waals surface area contributed by atoms with E-state index >= 15 is 0 Å². The second kappa shape index (κ2) is 9.61. The van der Waals surface area contributed by atoms with Crippen molar-refractivity contribution in [2.75, 3.05) is 51.1 Å². The largest absolute Gasteiger partial charge is 0.378 e. The van der Waals surface area contributed by atoms with Crippen molar-refractivity contribution in [1.82, 2.24) is 9.62 Å². The number of thioether (sulfide) groups is 1. The number of carbonyl (C=O) groups is 1. The Morgan fingerprint density at radius 2 is 1.94 bits per heavy atom. The number of rotatable bonds is 5. The van der Waals surface area contributed by atoms with E-state index in [1.807, 2.05) is 18.2 Å². The molecule has 172 valence electrons. The van der Waals surface area contributed by atoms with Crippen LogP contribution in [-0.2, 0) is 14.8 Å². The number of hydrogen-bond donors (Lipinski definition) is 1. The zero-order valence-electron chi connectivity index (χ0n) is 18.0. The number of halogens is 1. The van der Waals surface area contributed by atoms with Gasteiger partial charge in [0.2, 0.25) is 10.0 Å². The highest BCUT2D eigenvalue weighted by atomic mass is 35.5. The summed E-state index contributed by atoms with van der Waals surface area (Å²) in [6, 6.07) is 10.3. The molecule has 0 spiro atoms. The van der Waals surface area contributed by atoms with E-state index in [1.165, 1.54) is 20.2 Å². The van der Waals surface area contributed by atoms with Gasteiger partial charge >= 0.3 is 0 Å². The molecule has 1 fully saturated rings. The average molecular weight is 496 g/mol. The molecule has 7 nitrogen and oxygen atoms in total. The van der Waals surface area contributed by atoms with Crippen LogP contribution in [0.1, 0.15) is 28.4 Å². The molecule has 4 rings (SSSR count). The molecule has 2 aliphatic rings. The SMILES string of the molecule is CN(C)S(=O)(=O)c1ccc(N2CCOCC2)c(C(=O)NC2CCSc3ccc(Cl)cc32)c1. The van der Waals surface area contributed by atoms with E-state index in [0.717, 1.165) is 26.9 Å². The Hall–Kier alpha value is -1.78. The number of sulfonamides is 1. The Labute approximate surface area is 198 Å². The summed E-state index contributed by atoms with van der Waals surface area (Å²) in [6.45, 7) is 2.40. The summed E-state index contributed by atoms with van der Waals surface area (Å²) in [7, 11) is -0.723. The number of morpholine rings is 1. The van der Waals surface area contributed by atoms with Crippen LogP contribution in [0.2, 0.25) is 5.02 Å². The van der Waals surface area contributed by atoms with Gasteiger partial charge in [-0.15, -0.1) is 11.8 Å². The molecule has 0 aromatic heterocycles. The fraction of sp³-hybridized carbons (Fsp3) is 0.409. The topological polar surface area (TPSA) is 79.0 Å². The molecular weight excluding hydrogens is 470 g/mol. The van der Waals surface area contributed by atoms with Gasteiger partial charge in [-0.05, 0) is 48.4 Å². The standard InChI is InChI=1S/C22H26ClN3O4S2/c1-25(2)32(28,29)16-4-5-20(26-8-10-30-11-9-26)18(14-16)22(27)24-19-7-12-31-21-6-3-15(23)13-17(19)21/h3-6,13-14,19H,7-12H2,1-2H3,(H,24,27). The molecule has 0 bridgehead atoms. The van der Waals surface area contributed by atoms with Crippen LogP contribution < -0.4 is 10.2 Å². The lowest BCUT2D eigenvalue weighted by Gasteiger charge is -2.31. The Morgan fingerprint density at radius 1 is 1.19 bits per heavy atom. The summed E-state index contributed by atoms with van der Waals surface area (Å²) in [5.74, 6) is 0.579. The zero-order chi connectivity index (χ0) is 22.9. The van der Waals surface area contributed by atoms with E-state index < -0.39 is 10.0 Å². The second-order valence-corrected chi connectivity index (χ2v) is 11.6. The molecule has 1 unspecified atom stereocenters. The maximum absolute atomic E-state index is 13.5. The van der Waals surface area contributed by atoms with Crippen LogP contribution in [0.15, 0.2) is 46.2 Å². The maximum atomic E-state index is 13.5.